The molecule has 2 saturated heterocycles. The Morgan fingerprint density at radius 1 is 1.43 bits per heavy atom. The van der Waals surface area contributed by atoms with Gasteiger partial charge in [-0.3, -0.25) is 9.36 Å². The number of rotatable bonds is 4. The summed E-state index contributed by atoms with van der Waals surface area (Å²) in [6, 6.07) is 0.0490. The number of aryl methyl sites for hydroxylation is 1. The molecule has 1 aromatic rings. The number of hydrogen-bond donors (Lipinski definition) is 1. The van der Waals surface area contributed by atoms with E-state index in [1.807, 2.05) is 6.92 Å². The highest BCUT2D eigenvalue weighted by molar-refractivity contribution is 5.67. The molecule has 2 aliphatic rings. The molecule has 3 unspecified atom stereocenters. The van der Waals surface area contributed by atoms with Crippen LogP contribution in [0.2, 0.25) is 0 Å². The van der Waals surface area contributed by atoms with Gasteiger partial charge in [-0.15, -0.1) is 0 Å². The molecule has 0 saturated carbocycles. The Labute approximate surface area is 122 Å². The minimum Gasteiger partial charge on any atom is -0.481 e. The quantitative estimate of drug-likeness (QED) is 0.906. The molecule has 0 radical (unpaired) electrons. The molecule has 2 aliphatic heterocycles. The number of aromatic nitrogens is 2. The minimum absolute atomic E-state index is 0.0490. The third kappa shape index (κ3) is 2.48. The van der Waals surface area contributed by atoms with E-state index >= 15 is 0 Å². The van der Waals surface area contributed by atoms with E-state index in [-0.39, 0.29) is 30.4 Å². The van der Waals surface area contributed by atoms with Crippen LogP contribution in [-0.2, 0) is 16.0 Å². The maximum absolute atomic E-state index is 12.3. The first-order valence-electron chi connectivity index (χ1n) is 7.43. The van der Waals surface area contributed by atoms with E-state index in [1.54, 1.807) is 11.5 Å². The SMILES string of the molecule is Cc1nc(=O)n(C2CC3CCC2O3)c(C)c1CCC(=O)O. The number of fused-ring (bicyclic) bond motifs is 2. The van der Waals surface area contributed by atoms with Gasteiger partial charge in [-0.25, -0.2) is 4.79 Å². The fourth-order valence-corrected chi connectivity index (χ4v) is 3.68. The number of ether oxygens (including phenoxy) is 1. The first kappa shape index (κ1) is 14.3. The lowest BCUT2D eigenvalue weighted by Gasteiger charge is -2.25. The lowest BCUT2D eigenvalue weighted by Crippen LogP contribution is -2.35. The summed E-state index contributed by atoms with van der Waals surface area (Å²) in [5.41, 5.74) is 2.11. The zero-order valence-corrected chi connectivity index (χ0v) is 12.3. The smallest absolute Gasteiger partial charge is 0.348 e. The van der Waals surface area contributed by atoms with E-state index < -0.39 is 5.97 Å². The second-order valence-corrected chi connectivity index (χ2v) is 5.98. The van der Waals surface area contributed by atoms with Gasteiger partial charge in [-0.1, -0.05) is 0 Å². The van der Waals surface area contributed by atoms with Gasteiger partial charge in [0.2, 0.25) is 0 Å². The van der Waals surface area contributed by atoms with Crippen molar-refractivity contribution in [2.45, 2.75) is 64.2 Å². The Balaban J connectivity index is 1.98. The first-order chi connectivity index (χ1) is 9.97. The average molecular weight is 292 g/mol. The summed E-state index contributed by atoms with van der Waals surface area (Å²) in [5.74, 6) is -0.838. The van der Waals surface area contributed by atoms with Gasteiger partial charge in [0.25, 0.3) is 0 Å². The van der Waals surface area contributed by atoms with E-state index in [4.69, 9.17) is 9.84 Å². The fraction of sp³-hybridized carbons (Fsp3) is 0.667. The van der Waals surface area contributed by atoms with Crippen LogP contribution in [0.25, 0.3) is 0 Å². The van der Waals surface area contributed by atoms with Crippen molar-refractivity contribution in [1.82, 2.24) is 9.55 Å². The molecule has 6 nitrogen and oxygen atoms in total. The van der Waals surface area contributed by atoms with Crippen LogP contribution in [-0.4, -0.2) is 32.8 Å². The van der Waals surface area contributed by atoms with Gasteiger partial charge < -0.3 is 9.84 Å². The molecule has 2 fully saturated rings. The van der Waals surface area contributed by atoms with E-state index in [9.17, 15) is 9.59 Å². The summed E-state index contributed by atoms with van der Waals surface area (Å²) in [6.07, 6.45) is 3.73. The minimum atomic E-state index is -0.838. The lowest BCUT2D eigenvalue weighted by atomic mass is 9.94. The van der Waals surface area contributed by atoms with Crippen molar-refractivity contribution in [1.29, 1.82) is 0 Å². The molecule has 2 bridgehead atoms. The van der Waals surface area contributed by atoms with Crippen LogP contribution in [0.3, 0.4) is 0 Å². The molecule has 1 N–H and O–H groups in total. The average Bonchev–Trinajstić information content (AvgIpc) is 3.00. The molecule has 0 spiro atoms. The molecular weight excluding hydrogens is 272 g/mol. The molecule has 3 heterocycles. The van der Waals surface area contributed by atoms with Crippen molar-refractivity contribution in [3.05, 3.63) is 27.4 Å². The Kier molecular flexibility index (Phi) is 3.57. The zero-order valence-electron chi connectivity index (χ0n) is 12.3. The van der Waals surface area contributed by atoms with Crippen molar-refractivity contribution in [2.24, 2.45) is 0 Å². The van der Waals surface area contributed by atoms with Gasteiger partial charge in [0.15, 0.2) is 0 Å². The van der Waals surface area contributed by atoms with Crippen molar-refractivity contribution in [3.8, 4) is 0 Å². The van der Waals surface area contributed by atoms with Gasteiger partial charge in [0.05, 0.1) is 18.2 Å². The summed E-state index contributed by atoms with van der Waals surface area (Å²) in [7, 11) is 0. The molecule has 114 valence electrons. The fourth-order valence-electron chi connectivity index (χ4n) is 3.68. The molecule has 3 atom stereocenters. The molecule has 1 aromatic heterocycles. The normalized spacial score (nSPS) is 27.2. The standard InChI is InChI=1S/C15H20N2O4/c1-8-11(4-6-14(18)19)9(2)17(15(20)16-8)12-7-10-3-5-13(12)21-10/h10,12-13H,3-7H2,1-2H3,(H,18,19). The predicted molar refractivity (Wildman–Crippen MR) is 75.5 cm³/mol. The van der Waals surface area contributed by atoms with Crippen LogP contribution >= 0.6 is 0 Å². The molecule has 3 rings (SSSR count). The number of hydrogen-bond acceptors (Lipinski definition) is 4. The van der Waals surface area contributed by atoms with Gasteiger partial charge in [0, 0.05) is 17.8 Å². The highest BCUT2D eigenvalue weighted by atomic mass is 16.5. The molecular formula is C15H20N2O4. The van der Waals surface area contributed by atoms with E-state index in [0.717, 1.165) is 30.5 Å². The third-order valence-corrected chi connectivity index (χ3v) is 4.70. The molecule has 0 aromatic carbocycles. The van der Waals surface area contributed by atoms with Crippen LogP contribution in [0, 0.1) is 13.8 Å². The van der Waals surface area contributed by atoms with Gasteiger partial charge in [-0.05, 0) is 45.1 Å². The summed E-state index contributed by atoms with van der Waals surface area (Å²) >= 11 is 0. The highest BCUT2D eigenvalue weighted by Gasteiger charge is 2.42. The number of carboxylic acid groups (broad SMARTS) is 1. The van der Waals surface area contributed by atoms with Crippen LogP contribution in [0.5, 0.6) is 0 Å². The number of nitrogens with zero attached hydrogens (tertiary/aromatic N) is 2. The summed E-state index contributed by atoms with van der Waals surface area (Å²) in [4.78, 5) is 27.2. The third-order valence-electron chi connectivity index (χ3n) is 4.70. The molecule has 0 aliphatic carbocycles. The van der Waals surface area contributed by atoms with Crippen LogP contribution in [0.15, 0.2) is 4.79 Å². The number of carboxylic acids is 1. The first-order valence-corrected chi connectivity index (χ1v) is 7.43. The monoisotopic (exact) mass is 292 g/mol. The van der Waals surface area contributed by atoms with Gasteiger partial charge in [-0.2, -0.15) is 4.98 Å². The Hall–Kier alpha value is -1.69. The predicted octanol–water partition coefficient (Wildman–Crippen LogP) is 1.37. The van der Waals surface area contributed by atoms with Crippen molar-refractivity contribution in [3.63, 3.8) is 0 Å². The Morgan fingerprint density at radius 2 is 2.19 bits per heavy atom. The van der Waals surface area contributed by atoms with Crippen molar-refractivity contribution >= 4 is 5.97 Å². The van der Waals surface area contributed by atoms with Gasteiger partial charge in [0.1, 0.15) is 0 Å². The largest absolute Gasteiger partial charge is 0.481 e. The van der Waals surface area contributed by atoms with Crippen molar-refractivity contribution < 1.29 is 14.6 Å². The number of carbonyl (C=O) groups is 1. The lowest BCUT2D eigenvalue weighted by molar-refractivity contribution is -0.136. The molecule has 0 amide bonds. The topological polar surface area (TPSA) is 81.4 Å². The zero-order chi connectivity index (χ0) is 15.1. The second-order valence-electron chi connectivity index (χ2n) is 5.98. The van der Waals surface area contributed by atoms with Crippen LogP contribution in [0.1, 0.15) is 48.7 Å². The summed E-state index contributed by atoms with van der Waals surface area (Å²) in [6.45, 7) is 3.66. The maximum Gasteiger partial charge on any atom is 0.348 e. The van der Waals surface area contributed by atoms with E-state index in [2.05, 4.69) is 4.98 Å². The van der Waals surface area contributed by atoms with E-state index in [0.29, 0.717) is 12.1 Å². The highest BCUT2D eigenvalue weighted by Crippen LogP contribution is 2.41. The summed E-state index contributed by atoms with van der Waals surface area (Å²) < 4.78 is 7.57. The van der Waals surface area contributed by atoms with Crippen LogP contribution in [0.4, 0.5) is 0 Å². The summed E-state index contributed by atoms with van der Waals surface area (Å²) in [5, 5.41) is 8.87. The Bertz CT molecular complexity index is 637. The molecule has 6 heteroatoms. The van der Waals surface area contributed by atoms with Crippen molar-refractivity contribution in [2.75, 3.05) is 0 Å². The van der Waals surface area contributed by atoms with Crippen LogP contribution < -0.4 is 5.69 Å². The van der Waals surface area contributed by atoms with E-state index in [1.165, 1.54) is 0 Å². The second kappa shape index (κ2) is 5.26. The maximum atomic E-state index is 12.3. The molecule has 21 heavy (non-hydrogen) atoms. The Morgan fingerprint density at radius 3 is 2.76 bits per heavy atom. The van der Waals surface area contributed by atoms with Gasteiger partial charge >= 0.3 is 11.7 Å². The number of aliphatic carboxylic acids is 1.